The average Bonchev–Trinajstić information content (AvgIpc) is 2.73. The molecule has 172 valence electrons. The third-order valence-corrected chi connectivity index (χ3v) is 5.00. The van der Waals surface area contributed by atoms with Crippen molar-refractivity contribution in [3.8, 4) is 0 Å². The van der Waals surface area contributed by atoms with E-state index >= 15 is 0 Å². The molecule has 1 saturated heterocycles. The zero-order valence-electron chi connectivity index (χ0n) is 19.0. The maximum atomic E-state index is 13.7. The van der Waals surface area contributed by atoms with Gasteiger partial charge >= 0.3 is 0 Å². The minimum Gasteiger partial charge on any atom is -0.484 e. The van der Waals surface area contributed by atoms with Crippen LogP contribution in [0.5, 0.6) is 0 Å². The fourth-order valence-electron chi connectivity index (χ4n) is 3.16. The Morgan fingerprint density at radius 3 is 1.83 bits per heavy atom. The van der Waals surface area contributed by atoms with Gasteiger partial charge in [-0.15, -0.1) is 0 Å². The highest BCUT2D eigenvalue weighted by Gasteiger charge is 2.46. The topological polar surface area (TPSA) is 46.2 Å². The second-order valence-corrected chi connectivity index (χ2v) is 7.62. The Balaban J connectivity index is 2.96. The normalized spacial score (nSPS) is 26.0. The molecule has 0 spiro atoms. The molecule has 0 N–H and O–H groups in total. The van der Waals surface area contributed by atoms with Gasteiger partial charge in [0.15, 0.2) is 11.9 Å². The molecule has 0 aromatic heterocycles. The van der Waals surface area contributed by atoms with E-state index in [0.29, 0.717) is 39.4 Å². The Hall–Kier alpha value is -0.690. The summed E-state index contributed by atoms with van der Waals surface area (Å²) < 4.78 is 43.9. The summed E-state index contributed by atoms with van der Waals surface area (Å²) in [6, 6.07) is 0. The largest absolute Gasteiger partial charge is 0.484 e. The summed E-state index contributed by atoms with van der Waals surface area (Å²) in [5.41, 5.74) is 0. The first-order valence-corrected chi connectivity index (χ1v) is 11.6. The molecule has 0 aromatic rings. The molecule has 1 rings (SSSR count). The molecule has 1 aliphatic heterocycles. The van der Waals surface area contributed by atoms with Crippen LogP contribution in [0.3, 0.4) is 0 Å². The molecule has 0 unspecified atom stereocenters. The fourth-order valence-corrected chi connectivity index (χ4v) is 3.16. The van der Waals surface area contributed by atoms with E-state index < -0.39 is 18.3 Å². The van der Waals surface area contributed by atoms with E-state index in [0.717, 1.165) is 51.4 Å². The Bertz CT molecular complexity index is 418. The second-order valence-electron chi connectivity index (χ2n) is 7.62. The molecule has 0 saturated carbocycles. The van der Waals surface area contributed by atoms with E-state index in [4.69, 9.17) is 23.7 Å². The molecule has 5 nitrogen and oxygen atoms in total. The lowest BCUT2D eigenvalue weighted by Crippen LogP contribution is -2.56. The first-order chi connectivity index (χ1) is 14.2. The molecular weight excluding hydrogens is 375 g/mol. The minimum atomic E-state index is -0.595. The van der Waals surface area contributed by atoms with E-state index in [1.165, 1.54) is 0 Å². The third-order valence-electron chi connectivity index (χ3n) is 5.00. The van der Waals surface area contributed by atoms with Crippen LogP contribution in [-0.2, 0) is 23.7 Å². The monoisotopic (exact) mass is 418 g/mol. The number of unbranched alkanes of at least 4 members (excludes halogenated alkanes) is 4. The van der Waals surface area contributed by atoms with Gasteiger partial charge in [0.2, 0.25) is 0 Å². The number of hydrogen-bond acceptors (Lipinski definition) is 5. The summed E-state index contributed by atoms with van der Waals surface area (Å²) in [5.74, 6) is 0.182. The van der Waals surface area contributed by atoms with E-state index in [2.05, 4.69) is 27.7 Å². The molecule has 1 fully saturated rings. The van der Waals surface area contributed by atoms with Gasteiger partial charge in [-0.05, 0) is 25.7 Å². The van der Waals surface area contributed by atoms with Crippen LogP contribution in [0.15, 0.2) is 12.1 Å². The Morgan fingerprint density at radius 2 is 1.28 bits per heavy atom. The van der Waals surface area contributed by atoms with E-state index in [1.807, 2.05) is 0 Å². The maximum absolute atomic E-state index is 13.7. The molecule has 4 atom stereocenters. The van der Waals surface area contributed by atoms with Crippen molar-refractivity contribution in [2.24, 2.45) is 0 Å². The molecule has 1 aliphatic rings. The van der Waals surface area contributed by atoms with Crippen LogP contribution in [0, 0.1) is 0 Å². The average molecular weight is 419 g/mol. The number of ether oxygens (including phenoxy) is 5. The lowest BCUT2D eigenvalue weighted by atomic mass is 9.97. The zero-order chi connectivity index (χ0) is 21.3. The van der Waals surface area contributed by atoms with Gasteiger partial charge in [0.1, 0.15) is 24.6 Å². The van der Waals surface area contributed by atoms with E-state index in [-0.39, 0.29) is 11.9 Å². The van der Waals surface area contributed by atoms with Crippen molar-refractivity contribution in [2.45, 2.75) is 103 Å². The summed E-state index contributed by atoms with van der Waals surface area (Å²) in [6.07, 6.45) is 6.66. The maximum Gasteiger partial charge on any atom is 0.156 e. The highest BCUT2D eigenvalue weighted by atomic mass is 19.1. The van der Waals surface area contributed by atoms with Crippen LogP contribution in [0.2, 0.25) is 0 Å². The van der Waals surface area contributed by atoms with Crippen LogP contribution < -0.4 is 0 Å². The molecule has 1 heterocycles. The Kier molecular flexibility index (Phi) is 15.5. The second kappa shape index (κ2) is 17.0. The van der Waals surface area contributed by atoms with Crippen molar-refractivity contribution in [1.82, 2.24) is 0 Å². The quantitative estimate of drug-likeness (QED) is 0.289. The fraction of sp³-hybridized carbons (Fsp3) is 0.913. The molecule has 0 radical (unpaired) electrons. The number of halogens is 1. The Labute approximate surface area is 177 Å². The van der Waals surface area contributed by atoms with E-state index in [9.17, 15) is 4.39 Å². The van der Waals surface area contributed by atoms with Gasteiger partial charge in [-0.25, -0.2) is 4.39 Å². The first-order valence-electron chi connectivity index (χ1n) is 11.6. The molecular formula is C23H43FO5. The standard InChI is InChI=1S/C23H43FO5/c1-5-9-13-25-18-20-22(27-15-11-7-3)23(28-16-12-8-4)21(19(17-24)29-20)26-14-10-6-2/h17,20-23H,5-16,18H2,1-4H3/t20-,21+,22-,23-/m1/s1. The lowest BCUT2D eigenvalue weighted by Gasteiger charge is -2.43. The van der Waals surface area contributed by atoms with Crippen LogP contribution in [0.4, 0.5) is 4.39 Å². The van der Waals surface area contributed by atoms with Gasteiger partial charge in [-0.1, -0.05) is 53.4 Å². The molecule has 6 heteroatoms. The minimum absolute atomic E-state index is 0.182. The molecule has 0 bridgehead atoms. The smallest absolute Gasteiger partial charge is 0.156 e. The van der Waals surface area contributed by atoms with Crippen LogP contribution in [-0.4, -0.2) is 57.5 Å². The number of hydrogen-bond donors (Lipinski definition) is 0. The molecule has 0 amide bonds. The van der Waals surface area contributed by atoms with Crippen molar-refractivity contribution >= 4 is 0 Å². The van der Waals surface area contributed by atoms with Crippen molar-refractivity contribution in [3.05, 3.63) is 12.1 Å². The predicted octanol–water partition coefficient (Wildman–Crippen LogP) is 5.57. The van der Waals surface area contributed by atoms with Gasteiger partial charge in [0.25, 0.3) is 0 Å². The Morgan fingerprint density at radius 1 is 0.759 bits per heavy atom. The predicted molar refractivity (Wildman–Crippen MR) is 114 cm³/mol. The third kappa shape index (κ3) is 9.77. The highest BCUT2D eigenvalue weighted by molar-refractivity contribution is 5.09. The summed E-state index contributed by atoms with van der Waals surface area (Å²) in [5, 5.41) is 0. The highest BCUT2D eigenvalue weighted by Crippen LogP contribution is 2.31. The SMILES string of the molecule is CCCCOC[C@H]1OC(=CF)[C@H](OCCCC)[C@@H](OCCCC)[C@@H]1OCCCC. The van der Waals surface area contributed by atoms with Gasteiger partial charge in [-0.2, -0.15) is 0 Å². The van der Waals surface area contributed by atoms with Gasteiger partial charge < -0.3 is 23.7 Å². The summed E-state index contributed by atoms with van der Waals surface area (Å²) >= 11 is 0. The molecule has 0 aliphatic carbocycles. The van der Waals surface area contributed by atoms with Gasteiger partial charge in [0.05, 0.1) is 6.61 Å². The van der Waals surface area contributed by atoms with Crippen molar-refractivity contribution in [2.75, 3.05) is 33.0 Å². The summed E-state index contributed by atoms with van der Waals surface area (Å²) in [6.45, 7) is 11.2. The van der Waals surface area contributed by atoms with Gasteiger partial charge in [-0.3, -0.25) is 0 Å². The van der Waals surface area contributed by atoms with Crippen molar-refractivity contribution in [1.29, 1.82) is 0 Å². The van der Waals surface area contributed by atoms with Crippen LogP contribution in [0.1, 0.15) is 79.1 Å². The summed E-state index contributed by atoms with van der Waals surface area (Å²) in [4.78, 5) is 0. The lowest BCUT2D eigenvalue weighted by molar-refractivity contribution is -0.215. The van der Waals surface area contributed by atoms with Gasteiger partial charge in [0, 0.05) is 26.4 Å². The zero-order valence-corrected chi connectivity index (χ0v) is 19.0. The van der Waals surface area contributed by atoms with Crippen molar-refractivity contribution < 1.29 is 28.1 Å². The molecule has 29 heavy (non-hydrogen) atoms. The number of rotatable bonds is 17. The molecule has 0 aromatic carbocycles. The van der Waals surface area contributed by atoms with E-state index in [1.54, 1.807) is 0 Å². The summed E-state index contributed by atoms with van der Waals surface area (Å²) in [7, 11) is 0. The first kappa shape index (κ1) is 26.3. The van der Waals surface area contributed by atoms with Crippen LogP contribution in [0.25, 0.3) is 0 Å². The van der Waals surface area contributed by atoms with Crippen LogP contribution >= 0.6 is 0 Å². The van der Waals surface area contributed by atoms with Crippen molar-refractivity contribution in [3.63, 3.8) is 0 Å².